The van der Waals surface area contributed by atoms with Crippen molar-refractivity contribution in [1.82, 2.24) is 9.80 Å². The largest absolute Gasteiger partial charge is 0.379 e. The number of halogens is 1. The second kappa shape index (κ2) is 8.47. The molecule has 22 heavy (non-hydrogen) atoms. The molecule has 2 heterocycles. The van der Waals surface area contributed by atoms with Gasteiger partial charge in [-0.1, -0.05) is 6.07 Å². The molecule has 0 bridgehead atoms. The summed E-state index contributed by atoms with van der Waals surface area (Å²) in [5.74, 6) is 0.673. The molecule has 1 unspecified atom stereocenters. The number of aliphatic imine (C=N–C) groups is 1. The zero-order valence-electron chi connectivity index (χ0n) is 13.0. The number of ether oxygens (including phenoxy) is 1. The third kappa shape index (κ3) is 4.56. The van der Waals surface area contributed by atoms with E-state index in [9.17, 15) is 0 Å². The van der Waals surface area contributed by atoms with Gasteiger partial charge in [-0.3, -0.25) is 9.89 Å². The highest BCUT2D eigenvalue weighted by atomic mass is 127. The number of thiophene rings is 1. The predicted molar refractivity (Wildman–Crippen MR) is 102 cm³/mol. The minimum Gasteiger partial charge on any atom is -0.379 e. The molecule has 1 aromatic heterocycles. The van der Waals surface area contributed by atoms with E-state index in [1.54, 1.807) is 11.3 Å². The fourth-order valence-corrected chi connectivity index (χ4v) is 3.55. The molecule has 0 radical (unpaired) electrons. The number of nitrogens with zero attached hydrogens (tertiary/aromatic N) is 3. The summed E-state index contributed by atoms with van der Waals surface area (Å²) in [6.07, 6.45) is 2.48. The molecule has 124 valence electrons. The van der Waals surface area contributed by atoms with Crippen molar-refractivity contribution in [2.24, 2.45) is 10.7 Å². The average molecular weight is 436 g/mol. The lowest BCUT2D eigenvalue weighted by molar-refractivity contribution is 0.0186. The maximum atomic E-state index is 6.13. The molecule has 0 aromatic carbocycles. The van der Waals surface area contributed by atoms with Crippen molar-refractivity contribution in [2.75, 3.05) is 39.9 Å². The molecule has 0 amide bonds. The van der Waals surface area contributed by atoms with Crippen LogP contribution in [0.15, 0.2) is 22.5 Å². The fourth-order valence-electron chi connectivity index (χ4n) is 2.70. The van der Waals surface area contributed by atoms with E-state index < -0.39 is 0 Å². The second-order valence-corrected chi connectivity index (χ2v) is 6.70. The summed E-state index contributed by atoms with van der Waals surface area (Å²) in [7, 11) is 2.05. The molecular weight excluding hydrogens is 411 g/mol. The van der Waals surface area contributed by atoms with E-state index in [-0.39, 0.29) is 24.0 Å². The van der Waals surface area contributed by atoms with Crippen LogP contribution in [0.25, 0.3) is 0 Å². The lowest BCUT2D eigenvalue weighted by Crippen LogP contribution is -2.41. The predicted octanol–water partition coefficient (Wildman–Crippen LogP) is 2.15. The summed E-state index contributed by atoms with van der Waals surface area (Å²) in [5.41, 5.74) is 6.13. The van der Waals surface area contributed by atoms with Gasteiger partial charge in [-0.15, -0.1) is 35.3 Å². The Balaban J connectivity index is 0.00000176. The van der Waals surface area contributed by atoms with E-state index in [1.165, 1.54) is 17.7 Å². The Labute approximate surface area is 153 Å². The fraction of sp³-hybridized carbons (Fsp3) is 0.667. The Morgan fingerprint density at radius 1 is 1.50 bits per heavy atom. The molecule has 2 aliphatic rings. The van der Waals surface area contributed by atoms with Crippen LogP contribution in [0.2, 0.25) is 0 Å². The van der Waals surface area contributed by atoms with Gasteiger partial charge in [-0.25, -0.2) is 0 Å². The Hall–Kier alpha value is -0.380. The summed E-state index contributed by atoms with van der Waals surface area (Å²) in [4.78, 5) is 10.6. The summed E-state index contributed by atoms with van der Waals surface area (Å²) in [6.45, 7) is 4.28. The van der Waals surface area contributed by atoms with Gasteiger partial charge in [0.1, 0.15) is 0 Å². The van der Waals surface area contributed by atoms with Crippen molar-refractivity contribution >= 4 is 41.3 Å². The van der Waals surface area contributed by atoms with Gasteiger partial charge in [0.05, 0.1) is 25.8 Å². The maximum absolute atomic E-state index is 6.13. The molecule has 1 saturated carbocycles. The highest BCUT2D eigenvalue weighted by Crippen LogP contribution is 2.27. The second-order valence-electron chi connectivity index (χ2n) is 5.72. The Kier molecular flexibility index (Phi) is 6.91. The topological polar surface area (TPSA) is 54.1 Å². The number of guanidine groups is 1. The van der Waals surface area contributed by atoms with Crippen molar-refractivity contribution in [1.29, 1.82) is 0 Å². The van der Waals surface area contributed by atoms with Crippen molar-refractivity contribution in [3.8, 4) is 0 Å². The lowest BCUT2D eigenvalue weighted by atomic mass is 10.2. The maximum Gasteiger partial charge on any atom is 0.191 e. The standard InChI is InChI=1S/C15H24N4OS.HI/c1-18(12-4-5-12)15(16)17-11-13(14-3-2-10-21-14)19-6-8-20-9-7-19;/h2-3,10,12-13H,4-9,11H2,1H3,(H2,16,17);1H. The minimum atomic E-state index is 0. The normalized spacial score (nSPS) is 21.2. The molecule has 1 aliphatic heterocycles. The average Bonchev–Trinajstić information content (AvgIpc) is 3.24. The van der Waals surface area contributed by atoms with Crippen LogP contribution in [0, 0.1) is 0 Å². The molecule has 0 spiro atoms. The summed E-state index contributed by atoms with van der Waals surface area (Å²) in [5, 5.41) is 2.13. The molecule has 1 atom stereocenters. The first kappa shape index (κ1) is 18.0. The van der Waals surface area contributed by atoms with Gasteiger partial charge < -0.3 is 15.4 Å². The van der Waals surface area contributed by atoms with Crippen molar-refractivity contribution in [2.45, 2.75) is 24.9 Å². The van der Waals surface area contributed by atoms with Gasteiger partial charge in [0, 0.05) is 31.1 Å². The first-order chi connectivity index (χ1) is 10.3. The van der Waals surface area contributed by atoms with E-state index >= 15 is 0 Å². The smallest absolute Gasteiger partial charge is 0.191 e. The van der Waals surface area contributed by atoms with Crippen molar-refractivity contribution < 1.29 is 4.74 Å². The molecule has 1 aromatic rings. The van der Waals surface area contributed by atoms with Gasteiger partial charge in [0.15, 0.2) is 5.96 Å². The van der Waals surface area contributed by atoms with Crippen LogP contribution >= 0.6 is 35.3 Å². The van der Waals surface area contributed by atoms with Gasteiger partial charge in [-0.2, -0.15) is 0 Å². The molecule has 2 fully saturated rings. The highest BCUT2D eigenvalue weighted by molar-refractivity contribution is 14.0. The van der Waals surface area contributed by atoms with E-state index in [0.717, 1.165) is 32.8 Å². The summed E-state index contributed by atoms with van der Waals surface area (Å²) in [6, 6.07) is 5.23. The van der Waals surface area contributed by atoms with Crippen LogP contribution in [-0.2, 0) is 4.74 Å². The number of hydrogen-bond acceptors (Lipinski definition) is 4. The van der Waals surface area contributed by atoms with Crippen LogP contribution < -0.4 is 5.73 Å². The monoisotopic (exact) mass is 436 g/mol. The van der Waals surface area contributed by atoms with E-state index in [4.69, 9.17) is 10.5 Å². The Morgan fingerprint density at radius 3 is 2.82 bits per heavy atom. The van der Waals surface area contributed by atoms with Crippen LogP contribution in [0.5, 0.6) is 0 Å². The molecular formula is C15H25IN4OS. The molecule has 3 rings (SSSR count). The SMILES string of the molecule is CN(C(N)=NCC(c1cccs1)N1CCOCC1)C1CC1.I. The van der Waals surface area contributed by atoms with Gasteiger partial charge in [0.2, 0.25) is 0 Å². The van der Waals surface area contributed by atoms with Crippen molar-refractivity contribution in [3.05, 3.63) is 22.4 Å². The molecule has 1 aliphatic carbocycles. The van der Waals surface area contributed by atoms with Gasteiger partial charge >= 0.3 is 0 Å². The van der Waals surface area contributed by atoms with E-state index in [2.05, 4.69) is 32.3 Å². The van der Waals surface area contributed by atoms with E-state index in [0.29, 0.717) is 18.0 Å². The number of hydrogen-bond donors (Lipinski definition) is 1. The van der Waals surface area contributed by atoms with E-state index in [1.807, 2.05) is 7.05 Å². The molecule has 7 heteroatoms. The quantitative estimate of drug-likeness (QED) is 0.437. The van der Waals surface area contributed by atoms with Crippen LogP contribution in [0.3, 0.4) is 0 Å². The third-order valence-electron chi connectivity index (χ3n) is 4.24. The Bertz CT molecular complexity index is 472. The van der Waals surface area contributed by atoms with Gasteiger partial charge in [-0.05, 0) is 24.3 Å². The van der Waals surface area contributed by atoms with Crippen molar-refractivity contribution in [3.63, 3.8) is 0 Å². The lowest BCUT2D eigenvalue weighted by Gasteiger charge is -2.33. The first-order valence-electron chi connectivity index (χ1n) is 7.63. The molecule has 1 saturated heterocycles. The highest BCUT2D eigenvalue weighted by Gasteiger charge is 2.28. The third-order valence-corrected chi connectivity index (χ3v) is 5.21. The van der Waals surface area contributed by atoms with Crippen LogP contribution in [0.1, 0.15) is 23.8 Å². The summed E-state index contributed by atoms with van der Waals surface area (Å²) >= 11 is 1.80. The Morgan fingerprint density at radius 2 is 2.23 bits per heavy atom. The first-order valence-corrected chi connectivity index (χ1v) is 8.51. The molecule has 5 nitrogen and oxygen atoms in total. The van der Waals surface area contributed by atoms with Crippen LogP contribution in [0.4, 0.5) is 0 Å². The molecule has 2 N–H and O–H groups in total. The number of morpholine rings is 1. The zero-order valence-corrected chi connectivity index (χ0v) is 16.1. The van der Waals surface area contributed by atoms with Crippen LogP contribution in [-0.4, -0.2) is 61.7 Å². The minimum absolute atomic E-state index is 0. The van der Waals surface area contributed by atoms with Gasteiger partial charge in [0.25, 0.3) is 0 Å². The zero-order chi connectivity index (χ0) is 14.7. The number of nitrogens with two attached hydrogens (primary N) is 1. The number of rotatable bonds is 5. The summed E-state index contributed by atoms with van der Waals surface area (Å²) < 4.78 is 5.46.